The highest BCUT2D eigenvalue weighted by Gasteiger charge is 2.40. The zero-order valence-corrected chi connectivity index (χ0v) is 23.6. The summed E-state index contributed by atoms with van der Waals surface area (Å²) < 4.78 is 8.56. The molecule has 1 amide bonds. The molecule has 1 aromatic carbocycles. The van der Waals surface area contributed by atoms with Crippen molar-refractivity contribution in [3.63, 3.8) is 0 Å². The average Bonchev–Trinajstić information content (AvgIpc) is 3.43. The molecule has 1 unspecified atom stereocenters. The van der Waals surface area contributed by atoms with E-state index in [-0.39, 0.29) is 17.6 Å². The fraction of sp³-hybridized carbons (Fsp3) is 0.548. The molecule has 1 saturated heterocycles. The predicted octanol–water partition coefficient (Wildman–Crippen LogP) is 5.36. The van der Waals surface area contributed by atoms with Gasteiger partial charge >= 0.3 is 6.09 Å². The molecule has 6 nitrogen and oxygen atoms in total. The van der Waals surface area contributed by atoms with Crippen LogP contribution >= 0.6 is 0 Å². The molecule has 1 aliphatic heterocycles. The van der Waals surface area contributed by atoms with Crippen molar-refractivity contribution in [2.45, 2.75) is 64.9 Å². The first kappa shape index (κ1) is 27.2. The molecule has 1 aromatic rings. The van der Waals surface area contributed by atoms with E-state index in [2.05, 4.69) is 72.4 Å². The van der Waals surface area contributed by atoms with E-state index in [0.717, 1.165) is 43.9 Å². The zero-order chi connectivity index (χ0) is 26.6. The van der Waals surface area contributed by atoms with Gasteiger partial charge in [0.1, 0.15) is 19.2 Å². The van der Waals surface area contributed by atoms with E-state index in [4.69, 9.17) is 4.74 Å². The van der Waals surface area contributed by atoms with Crippen LogP contribution in [0.5, 0.6) is 0 Å². The molecule has 4 rings (SSSR count). The van der Waals surface area contributed by atoms with Gasteiger partial charge in [0.25, 0.3) is 0 Å². The first-order valence-electron chi connectivity index (χ1n) is 14.0. The van der Waals surface area contributed by atoms with Gasteiger partial charge < -0.3 is 20.3 Å². The van der Waals surface area contributed by atoms with Crippen LogP contribution < -0.4 is 10.6 Å². The molecule has 2 aliphatic carbocycles. The van der Waals surface area contributed by atoms with Crippen molar-refractivity contribution in [1.29, 1.82) is 0 Å². The maximum Gasteiger partial charge on any atom is 0.410 e. The molecule has 37 heavy (non-hydrogen) atoms. The van der Waals surface area contributed by atoms with Crippen molar-refractivity contribution in [1.82, 2.24) is 10.2 Å². The lowest BCUT2D eigenvalue weighted by molar-refractivity contribution is -0.504. The second-order valence-electron chi connectivity index (χ2n) is 11.1. The molecule has 0 radical (unpaired) electrons. The Kier molecular flexibility index (Phi) is 8.58. The Morgan fingerprint density at radius 2 is 1.95 bits per heavy atom. The smallest absolute Gasteiger partial charge is 0.410 e. The molecule has 3 aliphatic rings. The monoisotopic (exact) mass is 505 g/mol. The van der Waals surface area contributed by atoms with Gasteiger partial charge in [-0.05, 0) is 60.9 Å². The lowest BCUT2D eigenvalue weighted by Gasteiger charge is -2.40. The molecule has 1 fully saturated rings. The van der Waals surface area contributed by atoms with Crippen molar-refractivity contribution in [2.24, 2.45) is 0 Å². The molecule has 1 atom stereocenters. The first-order chi connectivity index (χ1) is 17.8. The number of carbonyl (C=O) groups is 1. The van der Waals surface area contributed by atoms with E-state index in [0.29, 0.717) is 6.54 Å². The highest BCUT2D eigenvalue weighted by atomic mass is 16.6. The van der Waals surface area contributed by atoms with Gasteiger partial charge in [0, 0.05) is 68.4 Å². The van der Waals surface area contributed by atoms with E-state index in [1.165, 1.54) is 47.2 Å². The predicted molar refractivity (Wildman–Crippen MR) is 154 cm³/mol. The summed E-state index contributed by atoms with van der Waals surface area (Å²) in [5, 5.41) is 6.70. The number of fused-ring (bicyclic) bond motifs is 2. The lowest BCUT2D eigenvalue weighted by atomic mass is 9.64. The summed E-state index contributed by atoms with van der Waals surface area (Å²) in [6.07, 6.45) is 11.0. The Labute approximate surface area is 223 Å². The third-order valence-electron chi connectivity index (χ3n) is 7.97. The van der Waals surface area contributed by atoms with Crippen LogP contribution in [-0.4, -0.2) is 74.2 Å². The number of rotatable bonds is 9. The highest BCUT2D eigenvalue weighted by molar-refractivity contribution is 6.06. The number of hydrogen-bond donors (Lipinski definition) is 2. The minimum Gasteiger partial charge on any atom is -0.441 e. The summed E-state index contributed by atoms with van der Waals surface area (Å²) in [4.78, 5) is 14.6. The van der Waals surface area contributed by atoms with Gasteiger partial charge in [-0.25, -0.2) is 9.37 Å². The molecule has 0 saturated carbocycles. The largest absolute Gasteiger partial charge is 0.441 e. The van der Waals surface area contributed by atoms with E-state index in [9.17, 15) is 4.79 Å². The highest BCUT2D eigenvalue weighted by Crippen LogP contribution is 2.49. The number of likely N-dealkylation sites (N-methyl/N-ethyl adjacent to an activating group) is 2. The number of unbranched alkanes of at least 4 members (excludes halogenated alkanes) is 1. The molecule has 200 valence electrons. The Balaban J connectivity index is 1.77. The molecular formula is C31H45N4O2+. The minimum absolute atomic E-state index is 0.181. The summed E-state index contributed by atoms with van der Waals surface area (Å²) in [7, 11) is 3.68. The van der Waals surface area contributed by atoms with E-state index < -0.39 is 0 Å². The third kappa shape index (κ3) is 5.69. The lowest BCUT2D eigenvalue weighted by Crippen LogP contribution is -2.37. The standard InChI is InChI=1S/C31H44N4O2/c1-7-8-15-33-23-11-13-25-27(20-23)31(3,4)28-21-24(35-17-9-10-18-35)12-14-26(28)29(25)22(2)37-30(36)34(6)19-16-32-5/h11-14,20-22,32H,7-10,15-19H2,1-6H3/p+1. The van der Waals surface area contributed by atoms with Crippen LogP contribution in [0.3, 0.4) is 0 Å². The van der Waals surface area contributed by atoms with E-state index >= 15 is 0 Å². The van der Waals surface area contributed by atoms with Crippen molar-refractivity contribution in [3.8, 4) is 0 Å². The zero-order valence-electron chi connectivity index (χ0n) is 23.6. The third-order valence-corrected chi connectivity index (χ3v) is 7.97. The Bertz CT molecular complexity index is 1130. The number of anilines is 1. The van der Waals surface area contributed by atoms with Gasteiger partial charge in [-0.3, -0.25) is 0 Å². The van der Waals surface area contributed by atoms with Crippen LogP contribution in [-0.2, 0) is 10.2 Å². The average molecular weight is 506 g/mol. The normalized spacial score (nSPS) is 18.8. The number of nitrogens with zero attached hydrogens (tertiary/aromatic N) is 2. The number of benzene rings is 1. The van der Waals surface area contributed by atoms with E-state index in [1.807, 2.05) is 14.0 Å². The van der Waals surface area contributed by atoms with Gasteiger partial charge in [-0.15, -0.1) is 0 Å². The quantitative estimate of drug-likeness (QED) is 0.350. The van der Waals surface area contributed by atoms with Gasteiger partial charge in [-0.2, -0.15) is 0 Å². The van der Waals surface area contributed by atoms with Crippen LogP contribution in [0.15, 0.2) is 47.6 Å². The molecule has 6 heteroatoms. The van der Waals surface area contributed by atoms with Gasteiger partial charge in [0.05, 0.1) is 0 Å². The second kappa shape index (κ2) is 11.7. The maximum atomic E-state index is 12.9. The van der Waals surface area contributed by atoms with Crippen molar-refractivity contribution in [3.05, 3.63) is 58.7 Å². The maximum absolute atomic E-state index is 12.9. The topological polar surface area (TPSA) is 56.6 Å². The first-order valence-corrected chi connectivity index (χ1v) is 14.0. The van der Waals surface area contributed by atoms with E-state index in [1.54, 1.807) is 11.9 Å². The van der Waals surface area contributed by atoms with Crippen LogP contribution in [0.1, 0.15) is 64.5 Å². The number of ether oxygens (including phenoxy) is 1. The Morgan fingerprint density at radius 3 is 2.65 bits per heavy atom. The summed E-state index contributed by atoms with van der Waals surface area (Å²) in [5.41, 5.74) is 8.29. The summed E-state index contributed by atoms with van der Waals surface area (Å²) >= 11 is 0. The molecule has 0 bridgehead atoms. The molecule has 0 spiro atoms. The summed E-state index contributed by atoms with van der Waals surface area (Å²) in [6, 6.07) is 6.69. The van der Waals surface area contributed by atoms with Crippen LogP contribution in [0.2, 0.25) is 0 Å². The fourth-order valence-electron chi connectivity index (χ4n) is 5.67. The number of carbonyl (C=O) groups excluding carboxylic acids is 1. The number of amides is 1. The van der Waals surface area contributed by atoms with Crippen LogP contribution in [0, 0.1) is 0 Å². The molecular weight excluding hydrogens is 460 g/mol. The summed E-state index contributed by atoms with van der Waals surface area (Å²) in [6.45, 7) is 13.4. The minimum atomic E-state index is -0.380. The molecule has 2 N–H and O–H groups in total. The molecule has 1 heterocycles. The second-order valence-corrected chi connectivity index (χ2v) is 11.1. The van der Waals surface area contributed by atoms with Gasteiger partial charge in [0.2, 0.25) is 0 Å². The van der Waals surface area contributed by atoms with Crippen LogP contribution in [0.25, 0.3) is 5.57 Å². The number of allylic oxidation sites excluding steroid dienone is 5. The van der Waals surface area contributed by atoms with Gasteiger partial charge in [-0.1, -0.05) is 33.3 Å². The SMILES string of the molecule is CCCCNc1ccc2c(c1)C(C)(C)C1=CC(=[N+]3CCCC3)C=CC1=C2C(C)OC(=O)N(C)CCNC. The summed E-state index contributed by atoms with van der Waals surface area (Å²) in [5.74, 6) is 0. The number of nitrogens with one attached hydrogen (secondary N) is 2. The van der Waals surface area contributed by atoms with Crippen LogP contribution in [0.4, 0.5) is 10.5 Å². The van der Waals surface area contributed by atoms with Crippen molar-refractivity contribution >= 4 is 23.1 Å². The Hall–Kier alpha value is -2.86. The van der Waals surface area contributed by atoms with Gasteiger partial charge in [0.15, 0.2) is 5.71 Å². The fourth-order valence-corrected chi connectivity index (χ4v) is 5.67. The number of hydrogen-bond acceptors (Lipinski definition) is 4. The Morgan fingerprint density at radius 1 is 1.19 bits per heavy atom. The molecule has 0 aromatic heterocycles. The van der Waals surface area contributed by atoms with Crippen molar-refractivity contribution in [2.75, 3.05) is 52.1 Å². The van der Waals surface area contributed by atoms with Crippen molar-refractivity contribution < 1.29 is 14.1 Å².